The van der Waals surface area contributed by atoms with Crippen molar-refractivity contribution in [1.82, 2.24) is 4.98 Å². The molecule has 1 saturated heterocycles. The highest BCUT2D eigenvalue weighted by atomic mass is 16.5. The van der Waals surface area contributed by atoms with Crippen molar-refractivity contribution in [3.05, 3.63) is 84.1 Å². The van der Waals surface area contributed by atoms with Gasteiger partial charge in [0.15, 0.2) is 0 Å². The minimum Gasteiger partial charge on any atom is -0.497 e. The normalized spacial score (nSPS) is 26.7. The van der Waals surface area contributed by atoms with Crippen LogP contribution in [0.2, 0.25) is 0 Å². The van der Waals surface area contributed by atoms with Crippen molar-refractivity contribution >= 4 is 21.7 Å². The summed E-state index contributed by atoms with van der Waals surface area (Å²) >= 11 is 0. The fourth-order valence-electron chi connectivity index (χ4n) is 7.26. The maximum absolute atomic E-state index is 12.1. The molecule has 0 amide bonds. The van der Waals surface area contributed by atoms with E-state index in [9.17, 15) is 5.11 Å². The Bertz CT molecular complexity index is 1380. The van der Waals surface area contributed by atoms with E-state index < -0.39 is 6.10 Å². The lowest BCUT2D eigenvalue weighted by Crippen LogP contribution is -3.16. The Morgan fingerprint density at radius 2 is 1.92 bits per heavy atom. The van der Waals surface area contributed by atoms with Crippen molar-refractivity contribution in [2.45, 2.75) is 57.7 Å². The molecule has 1 aliphatic heterocycles. The van der Waals surface area contributed by atoms with E-state index in [1.165, 1.54) is 46.9 Å². The number of benzene rings is 3. The van der Waals surface area contributed by atoms with Crippen molar-refractivity contribution < 1.29 is 14.7 Å². The molecule has 4 heteroatoms. The molecular formula is C32H37N2O2+. The Labute approximate surface area is 213 Å². The zero-order valence-corrected chi connectivity index (χ0v) is 21.4. The van der Waals surface area contributed by atoms with E-state index in [2.05, 4.69) is 54.4 Å². The Morgan fingerprint density at radius 3 is 2.72 bits per heavy atom. The number of hydrogen-bond donors (Lipinski definition) is 2. The number of nitrogens with one attached hydrogen (secondary N) is 1. The number of aliphatic hydroxyl groups excluding tert-OH is 1. The summed E-state index contributed by atoms with van der Waals surface area (Å²) < 4.78 is 5.52. The minimum absolute atomic E-state index is 0.142. The van der Waals surface area contributed by atoms with E-state index in [0.29, 0.717) is 5.41 Å². The summed E-state index contributed by atoms with van der Waals surface area (Å²) in [6.07, 6.45) is 7.53. The molecule has 3 aromatic carbocycles. The molecule has 0 radical (unpaired) electrons. The van der Waals surface area contributed by atoms with Gasteiger partial charge in [-0.25, -0.2) is 0 Å². The van der Waals surface area contributed by atoms with Crippen LogP contribution in [0, 0.1) is 11.3 Å². The highest BCUT2D eigenvalue weighted by molar-refractivity contribution is 5.85. The van der Waals surface area contributed by atoms with Gasteiger partial charge in [-0.3, -0.25) is 4.98 Å². The summed E-state index contributed by atoms with van der Waals surface area (Å²) in [7, 11) is 1.69. The Kier molecular flexibility index (Phi) is 6.18. The maximum atomic E-state index is 12.1. The second kappa shape index (κ2) is 9.49. The number of quaternary nitrogens is 1. The van der Waals surface area contributed by atoms with Crippen LogP contribution in [0.25, 0.3) is 21.7 Å². The topological polar surface area (TPSA) is 46.8 Å². The Morgan fingerprint density at radius 1 is 1.06 bits per heavy atom. The number of nitrogens with zero attached hydrogens (tertiary/aromatic N) is 1. The Hall–Kier alpha value is -2.95. The molecule has 2 heterocycles. The molecule has 36 heavy (non-hydrogen) atoms. The molecule has 4 nitrogen and oxygen atoms in total. The van der Waals surface area contributed by atoms with Crippen LogP contribution in [-0.2, 0) is 6.54 Å². The molecule has 2 fully saturated rings. The summed E-state index contributed by atoms with van der Waals surface area (Å²) in [5.74, 6) is 1.59. The summed E-state index contributed by atoms with van der Waals surface area (Å²) in [4.78, 5) is 6.07. The highest BCUT2D eigenvalue weighted by Crippen LogP contribution is 2.55. The summed E-state index contributed by atoms with van der Waals surface area (Å²) in [6.45, 7) is 4.38. The first-order chi connectivity index (χ1) is 17.6. The molecule has 2 N–H and O–H groups in total. The standard InChI is InChI=1S/C32H36N2O2/c1-3-24-13-15-32(24)16-18-34(21-23-9-6-8-22-7-4-5-10-26(22)23)30(20-32)31(35)27-14-17-33-29-12-11-25(36-2)19-28(27)29/h4-12,14,17,19,24,30-31,35H,3,13,15-16,18,20-21H2,1-2H3/p+1. The van der Waals surface area contributed by atoms with E-state index >= 15 is 0 Å². The van der Waals surface area contributed by atoms with Gasteiger partial charge in [0.2, 0.25) is 0 Å². The van der Waals surface area contributed by atoms with Gasteiger partial charge in [-0.05, 0) is 64.8 Å². The lowest BCUT2D eigenvalue weighted by molar-refractivity contribution is -0.951. The lowest BCUT2D eigenvalue weighted by Gasteiger charge is -2.55. The molecule has 0 bridgehead atoms. The number of fused-ring (bicyclic) bond motifs is 2. The number of piperidine rings is 1. The summed E-state index contributed by atoms with van der Waals surface area (Å²) in [5, 5.41) is 15.7. The molecule has 4 aromatic rings. The van der Waals surface area contributed by atoms with Gasteiger partial charge < -0.3 is 14.7 Å². The highest BCUT2D eigenvalue weighted by Gasteiger charge is 2.53. The van der Waals surface area contributed by atoms with Gasteiger partial charge in [0.25, 0.3) is 0 Å². The third kappa shape index (κ3) is 3.97. The molecular weight excluding hydrogens is 444 g/mol. The van der Waals surface area contributed by atoms with E-state index in [1.54, 1.807) is 7.11 Å². The lowest BCUT2D eigenvalue weighted by atomic mass is 9.53. The van der Waals surface area contributed by atoms with Crippen LogP contribution in [0.5, 0.6) is 5.75 Å². The molecule has 1 saturated carbocycles. The quantitative estimate of drug-likeness (QED) is 0.383. The minimum atomic E-state index is -0.553. The summed E-state index contributed by atoms with van der Waals surface area (Å²) in [5.41, 5.74) is 3.65. The third-order valence-corrected chi connectivity index (χ3v) is 9.42. The predicted molar refractivity (Wildman–Crippen MR) is 145 cm³/mol. The number of likely N-dealkylation sites (tertiary alicyclic amines) is 1. The van der Waals surface area contributed by atoms with Gasteiger partial charge in [0, 0.05) is 30.0 Å². The molecule has 1 aromatic heterocycles. The van der Waals surface area contributed by atoms with Gasteiger partial charge >= 0.3 is 0 Å². The smallest absolute Gasteiger partial charge is 0.131 e. The van der Waals surface area contributed by atoms with Crippen molar-refractivity contribution in [3.63, 3.8) is 0 Å². The number of rotatable bonds is 6. The van der Waals surface area contributed by atoms with Gasteiger partial charge in [-0.15, -0.1) is 0 Å². The van der Waals surface area contributed by atoms with Gasteiger partial charge in [0.1, 0.15) is 24.4 Å². The van der Waals surface area contributed by atoms with Gasteiger partial charge in [-0.1, -0.05) is 55.8 Å². The van der Waals surface area contributed by atoms with E-state index in [0.717, 1.165) is 47.6 Å². The molecule has 5 atom stereocenters. The average Bonchev–Trinajstić information content (AvgIpc) is 2.92. The number of aliphatic hydroxyl groups is 1. The van der Waals surface area contributed by atoms with Crippen LogP contribution in [-0.4, -0.2) is 29.8 Å². The molecule has 1 aliphatic carbocycles. The monoisotopic (exact) mass is 481 g/mol. The number of aromatic nitrogens is 1. The molecule has 186 valence electrons. The van der Waals surface area contributed by atoms with Crippen LogP contribution < -0.4 is 9.64 Å². The first-order valence-electron chi connectivity index (χ1n) is 13.5. The van der Waals surface area contributed by atoms with Crippen molar-refractivity contribution in [3.8, 4) is 5.75 Å². The average molecular weight is 482 g/mol. The van der Waals surface area contributed by atoms with Crippen molar-refractivity contribution in [2.75, 3.05) is 13.7 Å². The van der Waals surface area contributed by atoms with Crippen LogP contribution >= 0.6 is 0 Å². The fourth-order valence-corrected chi connectivity index (χ4v) is 7.26. The fraction of sp³-hybridized carbons (Fsp3) is 0.406. The SMILES string of the molecule is CCC1CCC12CC[NH+](Cc1cccc3ccccc13)C(C(O)c1ccnc3ccc(OC)cc13)C2. The third-order valence-electron chi connectivity index (χ3n) is 9.42. The summed E-state index contributed by atoms with van der Waals surface area (Å²) in [6, 6.07) is 23.5. The zero-order chi connectivity index (χ0) is 24.7. The van der Waals surface area contributed by atoms with Crippen molar-refractivity contribution in [1.29, 1.82) is 0 Å². The molecule has 6 rings (SSSR count). The molecule has 5 unspecified atom stereocenters. The largest absolute Gasteiger partial charge is 0.497 e. The second-order valence-corrected chi connectivity index (χ2v) is 11.0. The van der Waals surface area contributed by atoms with Crippen LogP contribution in [0.15, 0.2) is 72.9 Å². The van der Waals surface area contributed by atoms with E-state index in [1.807, 2.05) is 30.5 Å². The number of methoxy groups -OCH3 is 1. The van der Waals surface area contributed by atoms with Crippen LogP contribution in [0.4, 0.5) is 0 Å². The van der Waals surface area contributed by atoms with E-state index in [4.69, 9.17) is 4.74 Å². The molecule has 1 spiro atoms. The number of pyridine rings is 1. The van der Waals surface area contributed by atoms with Crippen molar-refractivity contribution in [2.24, 2.45) is 11.3 Å². The second-order valence-electron chi connectivity index (χ2n) is 11.0. The maximum Gasteiger partial charge on any atom is 0.131 e. The molecule has 2 aliphatic rings. The van der Waals surface area contributed by atoms with Gasteiger partial charge in [-0.2, -0.15) is 0 Å². The number of ether oxygens (including phenoxy) is 1. The van der Waals surface area contributed by atoms with E-state index in [-0.39, 0.29) is 6.04 Å². The predicted octanol–water partition coefficient (Wildman–Crippen LogP) is 5.48. The van der Waals surface area contributed by atoms with Gasteiger partial charge in [0.05, 0.1) is 19.2 Å². The number of hydrogen-bond acceptors (Lipinski definition) is 3. The first kappa shape index (κ1) is 23.4. The van der Waals surface area contributed by atoms with Crippen LogP contribution in [0.3, 0.4) is 0 Å². The first-order valence-corrected chi connectivity index (χ1v) is 13.5. The zero-order valence-electron chi connectivity index (χ0n) is 21.4. The van der Waals surface area contributed by atoms with Crippen LogP contribution in [0.1, 0.15) is 56.3 Å². The Balaban J connectivity index is 1.39.